The van der Waals surface area contributed by atoms with E-state index in [1.54, 1.807) is 12.1 Å². The lowest BCUT2D eigenvalue weighted by atomic mass is 10.0. The average molecular weight is 406 g/mol. The molecule has 1 aliphatic rings. The van der Waals surface area contributed by atoms with Gasteiger partial charge in [-0.2, -0.15) is 5.10 Å². The molecule has 0 spiro atoms. The third-order valence-electron chi connectivity index (χ3n) is 4.94. The monoisotopic (exact) mass is 406 g/mol. The van der Waals surface area contributed by atoms with Crippen molar-refractivity contribution in [3.63, 3.8) is 0 Å². The number of anilines is 2. The van der Waals surface area contributed by atoms with Crippen LogP contribution in [-0.2, 0) is 11.2 Å². The smallest absolute Gasteiger partial charge is 0.352 e. The van der Waals surface area contributed by atoms with Gasteiger partial charge in [-0.15, -0.1) is 0 Å². The zero-order chi connectivity index (χ0) is 21.3. The second-order valence-electron chi connectivity index (χ2n) is 6.86. The van der Waals surface area contributed by atoms with Crippen molar-refractivity contribution in [2.24, 2.45) is 0 Å². The van der Waals surface area contributed by atoms with E-state index in [0.717, 1.165) is 12.0 Å². The Balaban J connectivity index is 1.68. The molecule has 2 heterocycles. The molecule has 152 valence electrons. The summed E-state index contributed by atoms with van der Waals surface area (Å²) in [6.07, 6.45) is 3.75. The number of aromatic nitrogens is 2. The molecular formula is C22H19FN4O3. The molecule has 0 fully saturated rings. The lowest BCUT2D eigenvalue weighted by Gasteiger charge is -2.24. The first kappa shape index (κ1) is 19.4. The number of nitrogens with zero attached hydrogens (tertiary/aromatic N) is 2. The molecule has 0 bridgehead atoms. The highest BCUT2D eigenvalue weighted by molar-refractivity contribution is 6.08. The number of aryl methyl sites for hydroxylation is 1. The van der Waals surface area contributed by atoms with Gasteiger partial charge in [0.05, 0.1) is 12.2 Å². The van der Waals surface area contributed by atoms with Crippen LogP contribution in [0.2, 0.25) is 0 Å². The second kappa shape index (κ2) is 7.82. The molecule has 7 nitrogen and oxygen atoms in total. The number of amides is 1. The number of carboxylic acids is 1. The molecule has 30 heavy (non-hydrogen) atoms. The maximum absolute atomic E-state index is 13.3. The topological polar surface area (TPSA) is 96.3 Å². The van der Waals surface area contributed by atoms with Crippen LogP contribution in [0.1, 0.15) is 34.5 Å². The van der Waals surface area contributed by atoms with Crippen molar-refractivity contribution < 1.29 is 19.1 Å². The summed E-state index contributed by atoms with van der Waals surface area (Å²) in [5.41, 5.74) is 2.53. The Hall–Kier alpha value is -3.94. The van der Waals surface area contributed by atoms with Gasteiger partial charge in [0.1, 0.15) is 22.9 Å². The molecule has 0 aliphatic carbocycles. The van der Waals surface area contributed by atoms with Crippen molar-refractivity contribution in [2.45, 2.75) is 19.4 Å². The van der Waals surface area contributed by atoms with Gasteiger partial charge in [0, 0.05) is 5.69 Å². The Kier molecular flexibility index (Phi) is 5.05. The van der Waals surface area contributed by atoms with E-state index < -0.39 is 23.7 Å². The summed E-state index contributed by atoms with van der Waals surface area (Å²) < 4.78 is 14.8. The number of hydrogen-bond donors (Lipinski definition) is 3. The molecule has 1 aromatic heterocycles. The Morgan fingerprint density at radius 1 is 1.17 bits per heavy atom. The predicted molar refractivity (Wildman–Crippen MR) is 110 cm³/mol. The Morgan fingerprint density at radius 3 is 2.50 bits per heavy atom. The molecular weight excluding hydrogens is 387 g/mol. The number of nitrogens with one attached hydrogen (secondary N) is 2. The molecule has 0 unspecified atom stereocenters. The molecule has 0 saturated carbocycles. The minimum Gasteiger partial charge on any atom is -0.477 e. The number of halogens is 1. The lowest BCUT2D eigenvalue weighted by molar-refractivity contribution is -0.132. The fraction of sp³-hybridized carbons (Fsp3) is 0.136. The van der Waals surface area contributed by atoms with E-state index in [1.165, 1.54) is 29.1 Å². The Bertz CT molecular complexity index is 1130. The first-order valence-corrected chi connectivity index (χ1v) is 9.41. The average Bonchev–Trinajstić information content (AvgIpc) is 3.18. The second-order valence-corrected chi connectivity index (χ2v) is 6.86. The molecule has 8 heteroatoms. The largest absolute Gasteiger partial charge is 0.477 e. The van der Waals surface area contributed by atoms with Crippen LogP contribution in [-0.4, -0.2) is 26.8 Å². The number of aliphatic carboxylic acids is 1. The maximum atomic E-state index is 13.3. The SMILES string of the molecule is CCc1ccc(NC(=O)c2cnn3c2NC(C(=O)O)=C[C@@H]3c2ccc(F)cc2)cc1. The number of allylic oxidation sites excluding steroid dienone is 1. The number of fused-ring (bicyclic) bond motifs is 1. The number of carbonyl (C=O) groups excluding carboxylic acids is 1. The van der Waals surface area contributed by atoms with Gasteiger partial charge in [-0.3, -0.25) is 4.79 Å². The number of carboxylic acid groups (broad SMARTS) is 1. The number of benzene rings is 2. The highest BCUT2D eigenvalue weighted by atomic mass is 19.1. The summed E-state index contributed by atoms with van der Waals surface area (Å²) in [5.74, 6) is -1.73. The fourth-order valence-electron chi connectivity index (χ4n) is 3.31. The standard InChI is InChI=1S/C22H19FN4O3/c1-2-13-3-9-16(10-4-13)25-21(28)17-12-24-27-19(14-5-7-15(23)8-6-14)11-18(22(29)30)26-20(17)27/h3-12,19,26H,2H2,1H3,(H,25,28)(H,29,30)/t19-/m1/s1. The third-order valence-corrected chi connectivity index (χ3v) is 4.94. The minimum atomic E-state index is -1.17. The van der Waals surface area contributed by atoms with E-state index in [4.69, 9.17) is 0 Å². The number of rotatable bonds is 5. The Labute approximate surface area is 171 Å². The summed E-state index contributed by atoms with van der Waals surface area (Å²) in [4.78, 5) is 24.5. The highest BCUT2D eigenvalue weighted by Gasteiger charge is 2.29. The van der Waals surface area contributed by atoms with Crippen molar-refractivity contribution in [1.29, 1.82) is 0 Å². The van der Waals surface area contributed by atoms with E-state index in [1.807, 2.05) is 31.2 Å². The van der Waals surface area contributed by atoms with Crippen LogP contribution in [0, 0.1) is 5.82 Å². The Morgan fingerprint density at radius 2 is 1.87 bits per heavy atom. The van der Waals surface area contributed by atoms with Gasteiger partial charge in [-0.05, 0) is 47.9 Å². The van der Waals surface area contributed by atoms with Gasteiger partial charge in [-0.25, -0.2) is 13.9 Å². The summed E-state index contributed by atoms with van der Waals surface area (Å²) >= 11 is 0. The van der Waals surface area contributed by atoms with Gasteiger partial charge >= 0.3 is 5.97 Å². The zero-order valence-electron chi connectivity index (χ0n) is 16.1. The van der Waals surface area contributed by atoms with E-state index >= 15 is 0 Å². The molecule has 3 aromatic rings. The molecule has 4 rings (SSSR count). The zero-order valence-corrected chi connectivity index (χ0v) is 16.1. The van der Waals surface area contributed by atoms with Crippen molar-refractivity contribution >= 4 is 23.4 Å². The van der Waals surface area contributed by atoms with Crippen LogP contribution in [0.25, 0.3) is 0 Å². The van der Waals surface area contributed by atoms with Crippen molar-refractivity contribution in [1.82, 2.24) is 9.78 Å². The summed E-state index contributed by atoms with van der Waals surface area (Å²) in [5, 5.41) is 19.4. The number of carbonyl (C=O) groups is 2. The molecule has 1 amide bonds. The van der Waals surface area contributed by atoms with Crippen LogP contribution in [0.15, 0.2) is 66.5 Å². The van der Waals surface area contributed by atoms with Crippen molar-refractivity contribution in [3.05, 3.63) is 89.0 Å². The third kappa shape index (κ3) is 3.67. The van der Waals surface area contributed by atoms with Crippen LogP contribution in [0.4, 0.5) is 15.9 Å². The molecule has 2 aromatic carbocycles. The van der Waals surface area contributed by atoms with Crippen LogP contribution in [0.3, 0.4) is 0 Å². The lowest BCUT2D eigenvalue weighted by Crippen LogP contribution is -2.25. The molecule has 0 saturated heterocycles. The molecule has 3 N–H and O–H groups in total. The van der Waals surface area contributed by atoms with Gasteiger partial charge < -0.3 is 15.7 Å². The van der Waals surface area contributed by atoms with Gasteiger partial charge in [0.15, 0.2) is 0 Å². The van der Waals surface area contributed by atoms with Crippen LogP contribution >= 0.6 is 0 Å². The summed E-state index contributed by atoms with van der Waals surface area (Å²) in [7, 11) is 0. The van der Waals surface area contributed by atoms with Crippen LogP contribution in [0.5, 0.6) is 0 Å². The van der Waals surface area contributed by atoms with Gasteiger partial charge in [-0.1, -0.05) is 31.2 Å². The van der Waals surface area contributed by atoms with Gasteiger partial charge in [0.2, 0.25) is 0 Å². The molecule has 1 atom stereocenters. The van der Waals surface area contributed by atoms with E-state index in [2.05, 4.69) is 15.7 Å². The molecule has 1 aliphatic heterocycles. The maximum Gasteiger partial charge on any atom is 0.352 e. The van der Waals surface area contributed by atoms with Crippen molar-refractivity contribution in [2.75, 3.05) is 10.6 Å². The normalized spacial score (nSPS) is 15.0. The van der Waals surface area contributed by atoms with Crippen LogP contribution < -0.4 is 10.6 Å². The summed E-state index contributed by atoms with van der Waals surface area (Å²) in [6.45, 7) is 2.05. The van der Waals surface area contributed by atoms with E-state index in [9.17, 15) is 19.1 Å². The number of hydrogen-bond acceptors (Lipinski definition) is 4. The predicted octanol–water partition coefficient (Wildman–Crippen LogP) is 3.82. The first-order valence-electron chi connectivity index (χ1n) is 9.41. The van der Waals surface area contributed by atoms with E-state index in [-0.39, 0.29) is 17.1 Å². The first-order chi connectivity index (χ1) is 14.5. The fourth-order valence-corrected chi connectivity index (χ4v) is 3.31. The quantitative estimate of drug-likeness (QED) is 0.599. The van der Waals surface area contributed by atoms with Gasteiger partial charge in [0.25, 0.3) is 5.91 Å². The highest BCUT2D eigenvalue weighted by Crippen LogP contribution is 2.32. The summed E-state index contributed by atoms with van der Waals surface area (Å²) in [6, 6.07) is 12.6. The minimum absolute atomic E-state index is 0.0846. The molecule has 0 radical (unpaired) electrons. The van der Waals surface area contributed by atoms with E-state index in [0.29, 0.717) is 11.3 Å². The van der Waals surface area contributed by atoms with Crippen molar-refractivity contribution in [3.8, 4) is 0 Å².